The highest BCUT2D eigenvalue weighted by molar-refractivity contribution is 7.21. The lowest BCUT2D eigenvalue weighted by molar-refractivity contribution is -0.173. The first-order valence-corrected chi connectivity index (χ1v) is 7.23. The number of amides is 2. The first-order chi connectivity index (χ1) is 10.3. The maximum atomic E-state index is 12.0. The number of carbonyl (C=O) groups excluding carboxylic acids is 2. The number of thiophene rings is 1. The first kappa shape index (κ1) is 16.3. The van der Waals surface area contributed by atoms with E-state index in [0.717, 1.165) is 15.6 Å². The molecule has 0 radical (unpaired) electrons. The minimum atomic E-state index is -4.91. The van der Waals surface area contributed by atoms with Crippen LogP contribution in [0.15, 0.2) is 24.3 Å². The Bertz CT molecular complexity index is 710. The summed E-state index contributed by atoms with van der Waals surface area (Å²) >= 11 is 1.32. The monoisotopic (exact) mass is 330 g/mol. The zero-order valence-corrected chi connectivity index (χ0v) is 12.4. The van der Waals surface area contributed by atoms with E-state index in [1.165, 1.54) is 11.3 Å². The van der Waals surface area contributed by atoms with E-state index in [1.807, 2.05) is 31.2 Å². The van der Waals surface area contributed by atoms with E-state index in [0.29, 0.717) is 4.88 Å². The van der Waals surface area contributed by atoms with Gasteiger partial charge in [-0.3, -0.25) is 9.59 Å². The minimum absolute atomic E-state index is 0.0751. The van der Waals surface area contributed by atoms with Gasteiger partial charge in [0.15, 0.2) is 0 Å². The van der Waals surface area contributed by atoms with Crippen molar-refractivity contribution in [3.05, 3.63) is 34.7 Å². The van der Waals surface area contributed by atoms with Crippen molar-refractivity contribution in [2.24, 2.45) is 0 Å². The molecule has 1 aromatic carbocycles. The molecule has 2 aromatic rings. The van der Waals surface area contributed by atoms with Gasteiger partial charge in [0.1, 0.15) is 0 Å². The number of carbonyl (C=O) groups is 2. The second kappa shape index (κ2) is 6.35. The molecule has 0 aliphatic carbocycles. The van der Waals surface area contributed by atoms with Crippen LogP contribution in [-0.2, 0) is 4.79 Å². The maximum absolute atomic E-state index is 12.0. The Morgan fingerprint density at radius 3 is 2.41 bits per heavy atom. The molecule has 0 bridgehead atoms. The van der Waals surface area contributed by atoms with Crippen LogP contribution in [0.4, 0.5) is 13.2 Å². The van der Waals surface area contributed by atoms with E-state index in [4.69, 9.17) is 0 Å². The Morgan fingerprint density at radius 2 is 1.77 bits per heavy atom. The fraction of sp³-hybridized carbons (Fsp3) is 0.286. The lowest BCUT2D eigenvalue weighted by Gasteiger charge is -2.08. The van der Waals surface area contributed by atoms with Gasteiger partial charge in [-0.15, -0.1) is 11.3 Å². The van der Waals surface area contributed by atoms with Crippen LogP contribution in [0.2, 0.25) is 0 Å². The summed E-state index contributed by atoms with van der Waals surface area (Å²) in [6, 6.07) is 7.54. The molecule has 4 nitrogen and oxygen atoms in total. The summed E-state index contributed by atoms with van der Waals surface area (Å²) < 4.78 is 36.9. The van der Waals surface area contributed by atoms with Gasteiger partial charge in [-0.1, -0.05) is 18.2 Å². The molecule has 2 amide bonds. The number of nitrogens with one attached hydrogen (secondary N) is 2. The van der Waals surface area contributed by atoms with Crippen LogP contribution in [0.1, 0.15) is 15.2 Å². The maximum Gasteiger partial charge on any atom is 0.471 e. The molecule has 0 aliphatic rings. The molecule has 118 valence electrons. The molecule has 2 rings (SSSR count). The Morgan fingerprint density at radius 1 is 1.14 bits per heavy atom. The lowest BCUT2D eigenvalue weighted by Crippen LogP contribution is -2.41. The Balaban J connectivity index is 1.92. The summed E-state index contributed by atoms with van der Waals surface area (Å²) in [7, 11) is 0. The first-order valence-electron chi connectivity index (χ1n) is 6.42. The van der Waals surface area contributed by atoms with Crippen molar-refractivity contribution in [2.75, 3.05) is 13.1 Å². The van der Waals surface area contributed by atoms with Crippen molar-refractivity contribution in [3.63, 3.8) is 0 Å². The average Bonchev–Trinajstić information content (AvgIpc) is 2.80. The van der Waals surface area contributed by atoms with Gasteiger partial charge in [0.2, 0.25) is 0 Å². The Hall–Kier alpha value is -2.09. The number of fused-ring (bicyclic) bond motifs is 1. The molecule has 0 aliphatic heterocycles. The summed E-state index contributed by atoms with van der Waals surface area (Å²) in [6.07, 6.45) is -4.91. The number of hydrogen-bond acceptors (Lipinski definition) is 3. The molecule has 8 heteroatoms. The van der Waals surface area contributed by atoms with Gasteiger partial charge in [0.25, 0.3) is 5.91 Å². The molecule has 0 saturated carbocycles. The van der Waals surface area contributed by atoms with Crippen LogP contribution in [-0.4, -0.2) is 31.1 Å². The highest BCUT2D eigenvalue weighted by atomic mass is 32.1. The molecule has 1 heterocycles. The summed E-state index contributed by atoms with van der Waals surface area (Å²) in [6.45, 7) is 1.46. The zero-order valence-electron chi connectivity index (χ0n) is 11.6. The highest BCUT2D eigenvalue weighted by Gasteiger charge is 2.38. The minimum Gasteiger partial charge on any atom is -0.350 e. The molecule has 22 heavy (non-hydrogen) atoms. The van der Waals surface area contributed by atoms with Crippen molar-refractivity contribution in [2.45, 2.75) is 13.1 Å². The molecule has 0 atom stereocenters. The van der Waals surface area contributed by atoms with Gasteiger partial charge < -0.3 is 10.6 Å². The molecular formula is C14H13F3N2O2S. The van der Waals surface area contributed by atoms with Gasteiger partial charge in [-0.2, -0.15) is 13.2 Å². The van der Waals surface area contributed by atoms with Gasteiger partial charge in [-0.05, 0) is 23.9 Å². The molecule has 1 aromatic heterocycles. The number of hydrogen-bond donors (Lipinski definition) is 2. The van der Waals surface area contributed by atoms with Crippen molar-refractivity contribution < 1.29 is 22.8 Å². The van der Waals surface area contributed by atoms with Crippen molar-refractivity contribution in [3.8, 4) is 0 Å². The number of alkyl halides is 3. The lowest BCUT2D eigenvalue weighted by atomic mass is 10.1. The smallest absolute Gasteiger partial charge is 0.350 e. The standard InChI is InChI=1S/C14H13F3N2O2S/c1-8-9-4-2-3-5-10(9)22-11(8)12(20)18-6-7-19-13(21)14(15,16)17/h2-5H,6-7H2,1H3,(H,18,20)(H,19,21). The fourth-order valence-corrected chi connectivity index (χ4v) is 3.05. The third kappa shape index (κ3) is 3.56. The van der Waals surface area contributed by atoms with E-state index in [1.54, 1.807) is 5.32 Å². The molecule has 0 saturated heterocycles. The second-order valence-corrected chi connectivity index (χ2v) is 5.61. The van der Waals surface area contributed by atoms with Gasteiger partial charge in [0.05, 0.1) is 4.88 Å². The normalized spacial score (nSPS) is 11.5. The number of rotatable bonds is 4. The van der Waals surface area contributed by atoms with E-state index in [2.05, 4.69) is 5.32 Å². The third-order valence-corrected chi connectivity index (χ3v) is 4.28. The van der Waals surface area contributed by atoms with Crippen LogP contribution < -0.4 is 10.6 Å². The van der Waals surface area contributed by atoms with Crippen LogP contribution in [0.5, 0.6) is 0 Å². The molecular weight excluding hydrogens is 317 g/mol. The zero-order chi connectivity index (χ0) is 16.3. The van der Waals surface area contributed by atoms with E-state index in [-0.39, 0.29) is 19.0 Å². The fourth-order valence-electron chi connectivity index (χ4n) is 1.92. The van der Waals surface area contributed by atoms with E-state index < -0.39 is 12.1 Å². The predicted octanol–water partition coefficient (Wildman–Crippen LogP) is 2.62. The number of aryl methyl sites for hydroxylation is 1. The number of benzene rings is 1. The molecule has 0 spiro atoms. The SMILES string of the molecule is Cc1c(C(=O)NCCNC(=O)C(F)(F)F)sc2ccccc12. The molecule has 0 fully saturated rings. The summed E-state index contributed by atoms with van der Waals surface area (Å²) in [4.78, 5) is 23.2. The summed E-state index contributed by atoms with van der Waals surface area (Å²) in [5, 5.41) is 5.17. The van der Waals surface area contributed by atoms with E-state index in [9.17, 15) is 22.8 Å². The van der Waals surface area contributed by atoms with Gasteiger partial charge in [0, 0.05) is 17.8 Å². The summed E-state index contributed by atoms with van der Waals surface area (Å²) in [5.41, 5.74) is 0.831. The van der Waals surface area contributed by atoms with Gasteiger partial charge >= 0.3 is 12.1 Å². The van der Waals surface area contributed by atoms with Crippen molar-refractivity contribution in [1.82, 2.24) is 10.6 Å². The van der Waals surface area contributed by atoms with Crippen molar-refractivity contribution in [1.29, 1.82) is 0 Å². The van der Waals surface area contributed by atoms with Crippen LogP contribution >= 0.6 is 11.3 Å². The van der Waals surface area contributed by atoms with Crippen LogP contribution in [0.25, 0.3) is 10.1 Å². The molecule has 0 unspecified atom stereocenters. The Kier molecular flexibility index (Phi) is 4.70. The van der Waals surface area contributed by atoms with Crippen LogP contribution in [0.3, 0.4) is 0 Å². The summed E-state index contributed by atoms with van der Waals surface area (Å²) in [5.74, 6) is -2.38. The third-order valence-electron chi connectivity index (χ3n) is 3.00. The Labute approximate surface area is 128 Å². The highest BCUT2D eigenvalue weighted by Crippen LogP contribution is 2.30. The van der Waals surface area contributed by atoms with E-state index >= 15 is 0 Å². The number of halogens is 3. The topological polar surface area (TPSA) is 58.2 Å². The van der Waals surface area contributed by atoms with Gasteiger partial charge in [-0.25, -0.2) is 0 Å². The molecule has 2 N–H and O–H groups in total. The second-order valence-electron chi connectivity index (χ2n) is 4.56. The average molecular weight is 330 g/mol. The van der Waals surface area contributed by atoms with Crippen LogP contribution in [0, 0.1) is 6.92 Å². The predicted molar refractivity (Wildman–Crippen MR) is 78.0 cm³/mol. The quantitative estimate of drug-likeness (QED) is 0.847. The largest absolute Gasteiger partial charge is 0.471 e. The van der Waals surface area contributed by atoms with Crippen molar-refractivity contribution >= 4 is 33.2 Å².